The minimum Gasteiger partial charge on any atom is -0.341 e. The molecule has 1 aromatic carbocycles. The van der Waals surface area contributed by atoms with E-state index >= 15 is 0 Å². The van der Waals surface area contributed by atoms with Crippen LogP contribution in [0.3, 0.4) is 0 Å². The Balaban J connectivity index is 1.80. The number of benzene rings is 1. The number of rotatable bonds is 4. The van der Waals surface area contributed by atoms with Crippen LogP contribution in [0.1, 0.15) is 18.7 Å². The van der Waals surface area contributed by atoms with Crippen LogP contribution in [0.25, 0.3) is 11.3 Å². The summed E-state index contributed by atoms with van der Waals surface area (Å²) in [6.45, 7) is 0.627. The highest BCUT2D eigenvalue weighted by Crippen LogP contribution is 2.22. The lowest BCUT2D eigenvalue weighted by Gasteiger charge is -2.01. The van der Waals surface area contributed by atoms with E-state index in [0.29, 0.717) is 18.3 Å². The molecule has 0 radical (unpaired) electrons. The van der Waals surface area contributed by atoms with Crippen molar-refractivity contribution in [2.75, 3.05) is 0 Å². The molecule has 0 bridgehead atoms. The first-order valence-electron chi connectivity index (χ1n) is 5.95. The second kappa shape index (κ2) is 4.49. The molecule has 1 fully saturated rings. The van der Waals surface area contributed by atoms with E-state index in [-0.39, 0.29) is 5.56 Å². The highest BCUT2D eigenvalue weighted by molar-refractivity contribution is 5.59. The molecule has 1 aliphatic rings. The topological polar surface area (TPSA) is 40.7 Å². The number of H-pyrrole nitrogens is 1. The van der Waals surface area contributed by atoms with Crippen molar-refractivity contribution in [2.45, 2.75) is 25.4 Å². The van der Waals surface area contributed by atoms with Gasteiger partial charge in [0.15, 0.2) is 0 Å². The van der Waals surface area contributed by atoms with Gasteiger partial charge in [0.2, 0.25) is 0 Å². The Hall–Kier alpha value is -1.75. The molecule has 0 amide bonds. The van der Waals surface area contributed by atoms with Crippen LogP contribution in [-0.2, 0) is 6.54 Å². The summed E-state index contributed by atoms with van der Waals surface area (Å²) in [6.07, 6.45) is 3.93. The summed E-state index contributed by atoms with van der Waals surface area (Å²) in [5, 5.41) is 3.30. The fraction of sp³-hybridized carbons (Fsp3) is 0.308. The summed E-state index contributed by atoms with van der Waals surface area (Å²) in [4.78, 5) is 7.16. The number of aromatic amines is 1. The Kier molecular flexibility index (Phi) is 2.83. The number of hydrogen-bond acceptors (Lipinski definition) is 2. The minimum absolute atomic E-state index is 0.208. The van der Waals surface area contributed by atoms with E-state index in [1.54, 1.807) is 0 Å². The van der Waals surface area contributed by atoms with Crippen LogP contribution in [-0.4, -0.2) is 16.0 Å². The lowest BCUT2D eigenvalue weighted by Crippen LogP contribution is -2.16. The van der Waals surface area contributed by atoms with E-state index in [2.05, 4.69) is 15.3 Å². The molecule has 0 aliphatic heterocycles. The van der Waals surface area contributed by atoms with E-state index < -0.39 is 11.6 Å². The molecule has 1 saturated carbocycles. The molecule has 0 saturated heterocycles. The first-order chi connectivity index (χ1) is 8.72. The fourth-order valence-electron chi connectivity index (χ4n) is 1.82. The van der Waals surface area contributed by atoms with Crippen LogP contribution in [0.4, 0.5) is 8.78 Å². The Morgan fingerprint density at radius 1 is 1.33 bits per heavy atom. The normalized spacial score (nSPS) is 15.0. The minimum atomic E-state index is -0.460. The summed E-state index contributed by atoms with van der Waals surface area (Å²) >= 11 is 0. The molecule has 5 heteroatoms. The molecular weight excluding hydrogens is 236 g/mol. The Labute approximate surface area is 103 Å². The molecule has 1 heterocycles. The van der Waals surface area contributed by atoms with E-state index in [0.717, 1.165) is 18.0 Å². The smallest absolute Gasteiger partial charge is 0.132 e. The second-order valence-corrected chi connectivity index (χ2v) is 4.52. The monoisotopic (exact) mass is 249 g/mol. The van der Waals surface area contributed by atoms with Gasteiger partial charge in [-0.25, -0.2) is 13.8 Å². The molecule has 1 aliphatic carbocycles. The quantitative estimate of drug-likeness (QED) is 0.874. The predicted molar refractivity (Wildman–Crippen MR) is 63.8 cm³/mol. The zero-order chi connectivity index (χ0) is 12.5. The van der Waals surface area contributed by atoms with Gasteiger partial charge in [-0.2, -0.15) is 0 Å². The third kappa shape index (κ3) is 2.41. The van der Waals surface area contributed by atoms with Crippen molar-refractivity contribution in [3.8, 4) is 11.3 Å². The number of aromatic nitrogens is 2. The maximum atomic E-state index is 13.6. The second-order valence-electron chi connectivity index (χ2n) is 4.52. The molecule has 3 rings (SSSR count). The summed E-state index contributed by atoms with van der Waals surface area (Å²) in [7, 11) is 0. The predicted octanol–water partition coefficient (Wildman–Crippen LogP) is 2.61. The van der Waals surface area contributed by atoms with Crippen LogP contribution in [0.5, 0.6) is 0 Å². The van der Waals surface area contributed by atoms with Gasteiger partial charge >= 0.3 is 0 Å². The van der Waals surface area contributed by atoms with Gasteiger partial charge in [-0.05, 0) is 31.0 Å². The summed E-state index contributed by atoms with van der Waals surface area (Å²) < 4.78 is 26.6. The van der Waals surface area contributed by atoms with Gasteiger partial charge in [0.1, 0.15) is 17.5 Å². The SMILES string of the molecule is Fc1ccc(F)c(-c2cnc(CNC3CC3)[nH]2)c1. The first-order valence-corrected chi connectivity index (χ1v) is 5.95. The van der Waals surface area contributed by atoms with Crippen LogP contribution in [0.2, 0.25) is 0 Å². The van der Waals surface area contributed by atoms with E-state index in [1.165, 1.54) is 25.1 Å². The van der Waals surface area contributed by atoms with Crippen LogP contribution >= 0.6 is 0 Å². The molecule has 0 spiro atoms. The standard InChI is InChI=1S/C13H13F2N3/c14-8-1-4-11(15)10(5-8)12-6-17-13(18-12)7-16-9-2-3-9/h1,4-6,9,16H,2-3,7H2,(H,17,18). The molecule has 0 atom stereocenters. The van der Waals surface area contributed by atoms with E-state index in [4.69, 9.17) is 0 Å². The van der Waals surface area contributed by atoms with E-state index in [1.807, 2.05) is 0 Å². The van der Waals surface area contributed by atoms with Gasteiger partial charge in [-0.1, -0.05) is 0 Å². The zero-order valence-electron chi connectivity index (χ0n) is 9.71. The highest BCUT2D eigenvalue weighted by Gasteiger charge is 2.20. The Morgan fingerprint density at radius 2 is 2.17 bits per heavy atom. The van der Waals surface area contributed by atoms with Crippen molar-refractivity contribution >= 4 is 0 Å². The van der Waals surface area contributed by atoms with Gasteiger partial charge in [0, 0.05) is 11.6 Å². The van der Waals surface area contributed by atoms with Crippen LogP contribution in [0, 0.1) is 11.6 Å². The number of halogens is 2. The molecule has 3 nitrogen and oxygen atoms in total. The van der Waals surface area contributed by atoms with Gasteiger partial charge in [0.05, 0.1) is 18.4 Å². The van der Waals surface area contributed by atoms with Gasteiger partial charge in [0.25, 0.3) is 0 Å². The maximum Gasteiger partial charge on any atom is 0.132 e. The van der Waals surface area contributed by atoms with Crippen molar-refractivity contribution in [2.24, 2.45) is 0 Å². The van der Waals surface area contributed by atoms with Crippen molar-refractivity contribution in [1.29, 1.82) is 0 Å². The average Bonchev–Trinajstić information content (AvgIpc) is 3.08. The number of nitrogens with one attached hydrogen (secondary N) is 2. The first kappa shape index (κ1) is 11.3. The third-order valence-electron chi connectivity index (χ3n) is 2.98. The van der Waals surface area contributed by atoms with Crippen LogP contribution in [0.15, 0.2) is 24.4 Å². The van der Waals surface area contributed by atoms with E-state index in [9.17, 15) is 8.78 Å². The highest BCUT2D eigenvalue weighted by atomic mass is 19.1. The molecule has 18 heavy (non-hydrogen) atoms. The average molecular weight is 249 g/mol. The largest absolute Gasteiger partial charge is 0.341 e. The number of hydrogen-bond donors (Lipinski definition) is 2. The molecule has 2 aromatic rings. The lowest BCUT2D eigenvalue weighted by molar-refractivity contribution is 0.602. The third-order valence-corrected chi connectivity index (χ3v) is 2.98. The van der Waals surface area contributed by atoms with Crippen molar-refractivity contribution < 1.29 is 8.78 Å². The molecule has 94 valence electrons. The molecule has 2 N–H and O–H groups in total. The van der Waals surface area contributed by atoms with Gasteiger partial charge in [-0.15, -0.1) is 0 Å². The van der Waals surface area contributed by atoms with Crippen molar-refractivity contribution in [3.63, 3.8) is 0 Å². The fourth-order valence-corrected chi connectivity index (χ4v) is 1.82. The lowest BCUT2D eigenvalue weighted by atomic mass is 10.1. The molecule has 0 unspecified atom stereocenters. The number of nitrogens with zero attached hydrogens (tertiary/aromatic N) is 1. The number of imidazole rings is 1. The summed E-state index contributed by atoms with van der Waals surface area (Å²) in [5.74, 6) is -0.180. The van der Waals surface area contributed by atoms with Crippen molar-refractivity contribution in [3.05, 3.63) is 41.9 Å². The van der Waals surface area contributed by atoms with Gasteiger partial charge < -0.3 is 10.3 Å². The Bertz CT molecular complexity index is 561. The maximum absolute atomic E-state index is 13.6. The van der Waals surface area contributed by atoms with Crippen LogP contribution < -0.4 is 5.32 Å². The summed E-state index contributed by atoms with van der Waals surface area (Å²) in [6, 6.07) is 3.98. The Morgan fingerprint density at radius 3 is 2.94 bits per heavy atom. The van der Waals surface area contributed by atoms with Gasteiger partial charge in [-0.3, -0.25) is 0 Å². The summed E-state index contributed by atoms with van der Waals surface area (Å²) in [5.41, 5.74) is 0.708. The molecule has 1 aromatic heterocycles. The van der Waals surface area contributed by atoms with Crippen molar-refractivity contribution in [1.82, 2.24) is 15.3 Å². The zero-order valence-corrected chi connectivity index (χ0v) is 9.71. The molecular formula is C13H13F2N3.